The fraction of sp³-hybridized carbons (Fsp3) is 0.308. The van der Waals surface area contributed by atoms with Crippen molar-refractivity contribution >= 4 is 68.7 Å². The van der Waals surface area contributed by atoms with Crippen molar-refractivity contribution in [1.82, 2.24) is 49.7 Å². The highest BCUT2D eigenvalue weighted by Crippen LogP contribution is 2.32. The van der Waals surface area contributed by atoms with E-state index in [0.29, 0.717) is 93.9 Å². The van der Waals surface area contributed by atoms with Crippen LogP contribution in [0.15, 0.2) is 91.8 Å². The molecule has 0 aliphatic carbocycles. The predicted molar refractivity (Wildman–Crippen MR) is 274 cm³/mol. The normalized spacial score (nSPS) is 15.8. The number of benzene rings is 2. The zero-order valence-corrected chi connectivity index (χ0v) is 41.3. The third-order valence-corrected chi connectivity index (χ3v) is 13.4. The maximum absolute atomic E-state index is 14.6. The van der Waals surface area contributed by atoms with Gasteiger partial charge in [-0.25, -0.2) is 38.7 Å². The van der Waals surface area contributed by atoms with Gasteiger partial charge in [0, 0.05) is 97.1 Å². The molecule has 2 amide bonds. The van der Waals surface area contributed by atoms with Crippen molar-refractivity contribution in [3.05, 3.63) is 130 Å². The van der Waals surface area contributed by atoms with Crippen LogP contribution in [0.1, 0.15) is 58.9 Å². The van der Waals surface area contributed by atoms with Crippen LogP contribution in [-0.2, 0) is 6.42 Å². The number of aromatic nitrogens is 8. The van der Waals surface area contributed by atoms with E-state index in [9.17, 15) is 18.4 Å². The van der Waals surface area contributed by atoms with Crippen molar-refractivity contribution in [2.45, 2.75) is 39.0 Å². The van der Waals surface area contributed by atoms with Crippen molar-refractivity contribution in [1.29, 1.82) is 0 Å². The maximum atomic E-state index is 14.6. The Morgan fingerprint density at radius 1 is 0.694 bits per heavy atom. The SMILES string of the molecule is CCc1ccccc1C(=O)N1CCCC(CNc2nc(-c3c[nH]c4ncc(Cl)cc34)ncc2F)C1.COc1ccc(C(=O)N2CCCC(CNc3nc(-c4c[nH]c5ncc(Cl)cc45)ncc3F)C2)cc1OC. The first-order valence-corrected chi connectivity index (χ1v) is 24.4. The second kappa shape index (κ2) is 22.3. The van der Waals surface area contributed by atoms with E-state index < -0.39 is 11.6 Å². The number of methoxy groups -OCH3 is 2. The summed E-state index contributed by atoms with van der Waals surface area (Å²) in [6, 6.07) is 16.5. The number of amides is 2. The molecule has 2 aliphatic heterocycles. The molecule has 0 bridgehead atoms. The molecule has 2 atom stereocenters. The number of fused-ring (bicyclic) bond motifs is 2. The Morgan fingerprint density at radius 2 is 1.22 bits per heavy atom. The number of hydrogen-bond donors (Lipinski definition) is 4. The molecule has 72 heavy (non-hydrogen) atoms. The Kier molecular flexibility index (Phi) is 15.4. The Balaban J connectivity index is 0.000000178. The molecule has 2 unspecified atom stereocenters. The molecule has 16 nitrogen and oxygen atoms in total. The van der Waals surface area contributed by atoms with Crippen LogP contribution < -0.4 is 20.1 Å². The standard InChI is InChI=1S/C26H26ClFN6O3.C26H26ClFN6O/c1-36-21-6-5-16(8-22(21)37-2)26(35)34-7-3-4-15(14-34)10-29-25-20(28)13-32-24(33-25)19-12-31-23-18(19)9-17(27)11-30-23;1-2-17-7-3-4-8-19(17)26(35)34-9-5-6-16(15-34)11-29-25-22(28)14-32-24(33-25)21-13-31-23-20(21)10-18(27)12-30-23/h5-6,8-9,11-13,15H,3-4,7,10,14H2,1-2H3,(H,30,31)(H,29,32,33);3-4,7-8,10,12-14,16H,2,5-6,9,11,15H2,1H3,(H,30,31)(H,29,32,33). The van der Waals surface area contributed by atoms with Gasteiger partial charge in [0.1, 0.15) is 11.3 Å². The van der Waals surface area contributed by atoms with Crippen LogP contribution in [0.3, 0.4) is 0 Å². The molecule has 8 aromatic rings. The van der Waals surface area contributed by atoms with Gasteiger partial charge in [-0.05, 0) is 85.9 Å². The molecule has 2 saturated heterocycles. The lowest BCUT2D eigenvalue weighted by Crippen LogP contribution is -2.42. The van der Waals surface area contributed by atoms with Crippen LogP contribution in [-0.4, -0.2) is 115 Å². The number of aryl methyl sites for hydroxylation is 1. The second-order valence-electron chi connectivity index (χ2n) is 17.6. The molecule has 0 spiro atoms. The highest BCUT2D eigenvalue weighted by Gasteiger charge is 2.28. The van der Waals surface area contributed by atoms with E-state index in [0.717, 1.165) is 66.7 Å². The van der Waals surface area contributed by atoms with Crippen molar-refractivity contribution < 1.29 is 27.8 Å². The van der Waals surface area contributed by atoms with Gasteiger partial charge in [-0.15, -0.1) is 0 Å². The van der Waals surface area contributed by atoms with Gasteiger partial charge in [0.2, 0.25) is 0 Å². The summed E-state index contributed by atoms with van der Waals surface area (Å²) in [6.07, 6.45) is 13.3. The zero-order valence-electron chi connectivity index (χ0n) is 39.8. The molecular formula is C52H52Cl2F2N12O4. The number of carbonyl (C=O) groups is 2. The summed E-state index contributed by atoms with van der Waals surface area (Å²) in [5.41, 5.74) is 5.03. The molecule has 372 valence electrons. The summed E-state index contributed by atoms with van der Waals surface area (Å²) in [6.45, 7) is 5.59. The lowest BCUT2D eigenvalue weighted by Gasteiger charge is -2.33. The molecule has 2 aromatic carbocycles. The molecule has 20 heteroatoms. The minimum Gasteiger partial charge on any atom is -0.493 e. The van der Waals surface area contributed by atoms with E-state index in [1.54, 1.807) is 62.2 Å². The van der Waals surface area contributed by atoms with Gasteiger partial charge in [0.25, 0.3) is 11.8 Å². The second-order valence-corrected chi connectivity index (χ2v) is 18.5. The first kappa shape index (κ1) is 49.5. The number of likely N-dealkylation sites (tertiary alicyclic amines) is 2. The van der Waals surface area contributed by atoms with E-state index in [1.165, 1.54) is 13.3 Å². The van der Waals surface area contributed by atoms with Gasteiger partial charge in [-0.1, -0.05) is 48.3 Å². The van der Waals surface area contributed by atoms with E-state index in [1.807, 2.05) is 34.1 Å². The summed E-state index contributed by atoms with van der Waals surface area (Å²) >= 11 is 12.2. The van der Waals surface area contributed by atoms with Gasteiger partial charge < -0.3 is 39.9 Å². The van der Waals surface area contributed by atoms with E-state index in [2.05, 4.69) is 57.4 Å². The molecule has 8 heterocycles. The number of H-pyrrole nitrogens is 2. The highest BCUT2D eigenvalue weighted by atomic mass is 35.5. The first-order chi connectivity index (χ1) is 35.0. The number of halogens is 4. The van der Waals surface area contributed by atoms with Crippen LogP contribution in [0.5, 0.6) is 11.5 Å². The van der Waals surface area contributed by atoms with Crippen LogP contribution >= 0.6 is 23.2 Å². The lowest BCUT2D eigenvalue weighted by atomic mass is 9.96. The number of aromatic amines is 2. The fourth-order valence-electron chi connectivity index (χ4n) is 9.24. The molecule has 2 aliphatic rings. The largest absolute Gasteiger partial charge is 0.493 e. The van der Waals surface area contributed by atoms with Crippen molar-refractivity contribution in [3.8, 4) is 34.3 Å². The minimum absolute atomic E-state index is 0.0641. The van der Waals surface area contributed by atoms with Crippen LogP contribution in [0, 0.1) is 23.5 Å². The van der Waals surface area contributed by atoms with Crippen LogP contribution in [0.25, 0.3) is 44.8 Å². The molecule has 2 fully saturated rings. The quantitative estimate of drug-likeness (QED) is 0.0856. The van der Waals surface area contributed by atoms with Gasteiger partial charge in [0.15, 0.2) is 46.4 Å². The number of carbonyl (C=O) groups excluding carboxylic acids is 2. The maximum Gasteiger partial charge on any atom is 0.254 e. The number of anilines is 2. The molecule has 0 radical (unpaired) electrons. The topological polar surface area (TPSA) is 192 Å². The summed E-state index contributed by atoms with van der Waals surface area (Å²) in [5.74, 6) is 1.29. The molecule has 4 N–H and O–H groups in total. The van der Waals surface area contributed by atoms with E-state index in [4.69, 9.17) is 32.7 Å². The highest BCUT2D eigenvalue weighted by molar-refractivity contribution is 6.31. The predicted octanol–water partition coefficient (Wildman–Crippen LogP) is 10.1. The third kappa shape index (κ3) is 11.0. The first-order valence-electron chi connectivity index (χ1n) is 23.7. The smallest absolute Gasteiger partial charge is 0.254 e. The van der Waals surface area contributed by atoms with Crippen molar-refractivity contribution in [2.24, 2.45) is 11.8 Å². The van der Waals surface area contributed by atoms with Crippen LogP contribution in [0.2, 0.25) is 10.0 Å². The number of pyridine rings is 2. The number of hydrogen-bond acceptors (Lipinski definition) is 12. The van der Waals surface area contributed by atoms with E-state index >= 15 is 0 Å². The van der Waals surface area contributed by atoms with Crippen LogP contribution in [0.4, 0.5) is 20.4 Å². The Hall–Kier alpha value is -7.44. The summed E-state index contributed by atoms with van der Waals surface area (Å²) < 4.78 is 39.7. The minimum atomic E-state index is -0.547. The average Bonchev–Trinajstić information content (AvgIpc) is 4.04. The van der Waals surface area contributed by atoms with Gasteiger partial charge in [-0.2, -0.15) is 0 Å². The number of piperidine rings is 2. The van der Waals surface area contributed by atoms with Gasteiger partial charge in [0.05, 0.1) is 36.7 Å². The zero-order chi connectivity index (χ0) is 50.3. The molecule has 0 saturated carbocycles. The number of nitrogens with zero attached hydrogens (tertiary/aromatic N) is 8. The monoisotopic (exact) mass is 1020 g/mol. The number of ether oxygens (including phenoxy) is 2. The average molecular weight is 1020 g/mol. The lowest BCUT2D eigenvalue weighted by molar-refractivity contribution is 0.0672. The Bertz CT molecular complexity index is 3250. The van der Waals surface area contributed by atoms with Crippen molar-refractivity contribution in [3.63, 3.8) is 0 Å². The van der Waals surface area contributed by atoms with Gasteiger partial charge in [-0.3, -0.25) is 9.59 Å². The molecule has 10 rings (SSSR count). The van der Waals surface area contributed by atoms with Crippen molar-refractivity contribution in [2.75, 3.05) is 64.1 Å². The Labute approximate surface area is 423 Å². The Morgan fingerprint density at radius 3 is 1.75 bits per heavy atom. The molecule has 6 aromatic heterocycles. The number of nitrogens with one attached hydrogen (secondary N) is 4. The van der Waals surface area contributed by atoms with Gasteiger partial charge >= 0.3 is 0 Å². The summed E-state index contributed by atoms with van der Waals surface area (Å²) in [4.78, 5) is 61.9. The summed E-state index contributed by atoms with van der Waals surface area (Å²) in [5, 5.41) is 8.78. The van der Waals surface area contributed by atoms with E-state index in [-0.39, 0.29) is 35.3 Å². The fourth-order valence-corrected chi connectivity index (χ4v) is 9.56. The summed E-state index contributed by atoms with van der Waals surface area (Å²) in [7, 11) is 3.09. The molecular weight excluding hydrogens is 966 g/mol. The number of rotatable bonds is 13. The third-order valence-electron chi connectivity index (χ3n) is 13.0.